The number of aliphatic hydroxyl groups excluding tert-OH is 1. The molecule has 1 amide bonds. The maximum absolute atomic E-state index is 12.9. The number of ether oxygens (including phenoxy) is 2. The summed E-state index contributed by atoms with van der Waals surface area (Å²) in [5, 5.41) is 11.2. The van der Waals surface area contributed by atoms with Crippen molar-refractivity contribution in [3.05, 3.63) is 64.7 Å². The first-order chi connectivity index (χ1) is 13.9. The topological polar surface area (TPSA) is 76.1 Å². The summed E-state index contributed by atoms with van der Waals surface area (Å²) < 4.78 is 10.6. The van der Waals surface area contributed by atoms with E-state index in [1.165, 1.54) is 19.1 Å². The molecule has 2 aromatic rings. The van der Waals surface area contributed by atoms with Crippen molar-refractivity contribution in [1.82, 2.24) is 4.90 Å². The second kappa shape index (κ2) is 8.39. The molecule has 0 spiro atoms. The third-order valence-electron chi connectivity index (χ3n) is 5.15. The van der Waals surface area contributed by atoms with Crippen LogP contribution in [0.4, 0.5) is 0 Å². The zero-order valence-electron chi connectivity index (χ0n) is 17.1. The number of likely N-dealkylation sites (tertiary alicyclic amines) is 1. The highest BCUT2D eigenvalue weighted by Crippen LogP contribution is 2.42. The zero-order chi connectivity index (χ0) is 21.1. The number of amides is 1. The normalized spacial score (nSPS) is 18.2. The number of hydrogen-bond acceptors (Lipinski definition) is 5. The fourth-order valence-corrected chi connectivity index (χ4v) is 3.71. The van der Waals surface area contributed by atoms with Gasteiger partial charge in [-0.1, -0.05) is 31.2 Å². The monoisotopic (exact) mass is 395 g/mol. The molecule has 3 rings (SSSR count). The Kier molecular flexibility index (Phi) is 5.92. The molecule has 6 heteroatoms. The van der Waals surface area contributed by atoms with Crippen molar-refractivity contribution in [2.24, 2.45) is 0 Å². The Hall–Kier alpha value is -3.28. The van der Waals surface area contributed by atoms with Gasteiger partial charge in [0.05, 0.1) is 31.4 Å². The molecule has 0 saturated carbocycles. The van der Waals surface area contributed by atoms with E-state index in [2.05, 4.69) is 0 Å². The van der Waals surface area contributed by atoms with Crippen LogP contribution in [0.5, 0.6) is 11.5 Å². The van der Waals surface area contributed by atoms with E-state index in [0.29, 0.717) is 30.0 Å². The largest absolute Gasteiger partial charge is 0.507 e. The minimum atomic E-state index is -0.693. The van der Waals surface area contributed by atoms with Crippen molar-refractivity contribution < 1.29 is 24.2 Å². The molecule has 2 aromatic carbocycles. The minimum absolute atomic E-state index is 0.0706. The van der Waals surface area contributed by atoms with Gasteiger partial charge in [-0.3, -0.25) is 9.59 Å². The predicted octanol–water partition coefficient (Wildman–Crippen LogP) is 3.84. The molecule has 0 radical (unpaired) electrons. The highest BCUT2D eigenvalue weighted by atomic mass is 16.5. The van der Waals surface area contributed by atoms with Crippen molar-refractivity contribution in [2.45, 2.75) is 26.3 Å². The molecule has 29 heavy (non-hydrogen) atoms. The Morgan fingerprint density at radius 3 is 2.45 bits per heavy atom. The number of hydrogen-bond donors (Lipinski definition) is 1. The van der Waals surface area contributed by atoms with Crippen LogP contribution in [0.2, 0.25) is 0 Å². The molecule has 0 aromatic heterocycles. The van der Waals surface area contributed by atoms with Gasteiger partial charge in [0.15, 0.2) is 0 Å². The Morgan fingerprint density at radius 1 is 1.10 bits per heavy atom. The van der Waals surface area contributed by atoms with E-state index in [-0.39, 0.29) is 11.3 Å². The smallest absolute Gasteiger partial charge is 0.295 e. The van der Waals surface area contributed by atoms with E-state index in [1.54, 1.807) is 18.2 Å². The number of benzene rings is 2. The molecular weight excluding hydrogens is 370 g/mol. The Labute approximate surface area is 170 Å². The molecule has 152 valence electrons. The number of carbonyl (C=O) groups excluding carboxylic acids is 2. The van der Waals surface area contributed by atoms with E-state index < -0.39 is 17.7 Å². The summed E-state index contributed by atoms with van der Waals surface area (Å²) in [7, 11) is 3.00. The quantitative estimate of drug-likeness (QED) is 0.457. The van der Waals surface area contributed by atoms with Gasteiger partial charge < -0.3 is 19.5 Å². The van der Waals surface area contributed by atoms with Crippen LogP contribution in [-0.2, 0) is 9.59 Å². The summed E-state index contributed by atoms with van der Waals surface area (Å²) in [6.45, 7) is 4.29. The minimum Gasteiger partial charge on any atom is -0.507 e. The number of rotatable bonds is 6. The van der Waals surface area contributed by atoms with Crippen LogP contribution >= 0.6 is 0 Å². The van der Waals surface area contributed by atoms with Crippen LogP contribution in [0.1, 0.15) is 36.1 Å². The van der Waals surface area contributed by atoms with Gasteiger partial charge in [0.2, 0.25) is 0 Å². The molecule has 1 saturated heterocycles. The average Bonchev–Trinajstić information content (AvgIpc) is 2.98. The first-order valence-electron chi connectivity index (χ1n) is 9.50. The molecule has 1 heterocycles. The molecule has 1 fully saturated rings. The van der Waals surface area contributed by atoms with E-state index >= 15 is 0 Å². The fourth-order valence-electron chi connectivity index (χ4n) is 3.71. The van der Waals surface area contributed by atoms with Crippen molar-refractivity contribution in [1.29, 1.82) is 0 Å². The van der Waals surface area contributed by atoms with Crippen LogP contribution < -0.4 is 9.47 Å². The van der Waals surface area contributed by atoms with Crippen LogP contribution in [-0.4, -0.2) is 42.5 Å². The summed E-state index contributed by atoms with van der Waals surface area (Å²) in [5.41, 5.74) is 2.16. The van der Waals surface area contributed by atoms with Gasteiger partial charge >= 0.3 is 0 Å². The lowest BCUT2D eigenvalue weighted by molar-refractivity contribution is -0.139. The lowest BCUT2D eigenvalue weighted by Gasteiger charge is -2.26. The lowest BCUT2D eigenvalue weighted by Crippen LogP contribution is -2.30. The SMILES string of the molecule is CCCN1C(=O)C(=O)/C(=C(/O)c2ccc(OC)cc2OC)C1c1ccccc1C. The van der Waals surface area contributed by atoms with Gasteiger partial charge in [-0.05, 0) is 36.6 Å². The van der Waals surface area contributed by atoms with E-state index in [0.717, 1.165) is 11.1 Å². The zero-order valence-corrected chi connectivity index (χ0v) is 17.1. The molecule has 1 aliphatic heterocycles. The first kappa shape index (κ1) is 20.5. The summed E-state index contributed by atoms with van der Waals surface area (Å²) in [6.07, 6.45) is 0.696. The van der Waals surface area contributed by atoms with E-state index in [4.69, 9.17) is 9.47 Å². The lowest BCUT2D eigenvalue weighted by atomic mass is 9.92. The number of Topliss-reactive ketones (excluding diaryl/α,β-unsaturated/α-hetero) is 1. The standard InChI is InChI=1S/C23H25NO5/c1-5-12-24-20(16-9-7-6-8-14(16)2)19(22(26)23(24)27)21(25)17-11-10-15(28-3)13-18(17)29-4/h6-11,13,20,25H,5,12H2,1-4H3/b21-19+. The van der Waals surface area contributed by atoms with Gasteiger partial charge in [-0.2, -0.15) is 0 Å². The van der Waals surface area contributed by atoms with Crippen molar-refractivity contribution in [3.63, 3.8) is 0 Å². The Morgan fingerprint density at radius 2 is 1.83 bits per heavy atom. The van der Waals surface area contributed by atoms with Gasteiger partial charge in [-0.25, -0.2) is 0 Å². The van der Waals surface area contributed by atoms with Gasteiger partial charge in [0, 0.05) is 12.6 Å². The fraction of sp³-hybridized carbons (Fsp3) is 0.304. The molecular formula is C23H25NO5. The second-order valence-corrected chi connectivity index (χ2v) is 6.92. The third-order valence-corrected chi connectivity index (χ3v) is 5.15. The second-order valence-electron chi connectivity index (χ2n) is 6.92. The van der Waals surface area contributed by atoms with Crippen molar-refractivity contribution in [3.8, 4) is 11.5 Å². The molecule has 1 N–H and O–H groups in total. The number of aliphatic hydroxyl groups is 1. The Bertz CT molecular complexity index is 979. The molecule has 1 atom stereocenters. The summed E-state index contributed by atoms with van der Waals surface area (Å²) in [5.74, 6) is -0.640. The highest BCUT2D eigenvalue weighted by Gasteiger charge is 2.46. The number of methoxy groups -OCH3 is 2. The van der Waals surface area contributed by atoms with Crippen LogP contribution in [0.15, 0.2) is 48.0 Å². The maximum Gasteiger partial charge on any atom is 0.295 e. The van der Waals surface area contributed by atoms with E-state index in [9.17, 15) is 14.7 Å². The van der Waals surface area contributed by atoms with Crippen LogP contribution in [0.3, 0.4) is 0 Å². The molecule has 1 aliphatic rings. The van der Waals surface area contributed by atoms with Crippen LogP contribution in [0, 0.1) is 6.92 Å². The van der Waals surface area contributed by atoms with Gasteiger partial charge in [-0.15, -0.1) is 0 Å². The maximum atomic E-state index is 12.9. The van der Waals surface area contributed by atoms with Crippen LogP contribution in [0.25, 0.3) is 5.76 Å². The number of ketones is 1. The third kappa shape index (κ3) is 3.58. The average molecular weight is 395 g/mol. The van der Waals surface area contributed by atoms with Crippen molar-refractivity contribution >= 4 is 17.4 Å². The predicted molar refractivity (Wildman–Crippen MR) is 110 cm³/mol. The summed E-state index contributed by atoms with van der Waals surface area (Å²) in [4.78, 5) is 27.3. The molecule has 0 bridgehead atoms. The van der Waals surface area contributed by atoms with Gasteiger partial charge in [0.25, 0.3) is 11.7 Å². The van der Waals surface area contributed by atoms with Crippen molar-refractivity contribution in [2.75, 3.05) is 20.8 Å². The number of nitrogens with zero attached hydrogens (tertiary/aromatic N) is 1. The molecule has 6 nitrogen and oxygen atoms in total. The molecule has 1 unspecified atom stereocenters. The number of aryl methyl sites for hydroxylation is 1. The summed E-state index contributed by atoms with van der Waals surface area (Å²) >= 11 is 0. The number of carbonyl (C=O) groups is 2. The first-order valence-corrected chi connectivity index (χ1v) is 9.50. The van der Waals surface area contributed by atoms with Gasteiger partial charge in [0.1, 0.15) is 17.3 Å². The molecule has 0 aliphatic carbocycles. The Balaban J connectivity index is 2.25. The highest BCUT2D eigenvalue weighted by molar-refractivity contribution is 6.46. The summed E-state index contributed by atoms with van der Waals surface area (Å²) in [6, 6.07) is 11.8. The van der Waals surface area contributed by atoms with E-state index in [1.807, 2.05) is 38.1 Å².